The van der Waals surface area contributed by atoms with Gasteiger partial charge in [0.2, 0.25) is 5.88 Å². The van der Waals surface area contributed by atoms with Gasteiger partial charge in [-0.05, 0) is 43.3 Å². The molecule has 0 amide bonds. The van der Waals surface area contributed by atoms with Crippen LogP contribution in [0.2, 0.25) is 0 Å². The highest BCUT2D eigenvalue weighted by Gasteiger charge is 2.17. The summed E-state index contributed by atoms with van der Waals surface area (Å²) < 4.78 is 8.15. The highest BCUT2D eigenvalue weighted by atomic mass is 16.5. The Morgan fingerprint density at radius 1 is 0.971 bits per heavy atom. The summed E-state index contributed by atoms with van der Waals surface area (Å²) in [5, 5.41) is 20.1. The van der Waals surface area contributed by atoms with E-state index in [-0.39, 0.29) is 11.4 Å². The van der Waals surface area contributed by atoms with Crippen LogP contribution in [0.25, 0.3) is 28.0 Å². The Kier molecular flexibility index (Phi) is 5.39. The molecule has 0 aliphatic carbocycles. The summed E-state index contributed by atoms with van der Waals surface area (Å²) in [5.74, 6) is 0.808. The van der Waals surface area contributed by atoms with E-state index >= 15 is 0 Å². The van der Waals surface area contributed by atoms with Crippen molar-refractivity contribution >= 4 is 17.1 Å². The summed E-state index contributed by atoms with van der Waals surface area (Å²) in [4.78, 5) is 18.1. The third kappa shape index (κ3) is 3.61. The largest absolute Gasteiger partial charge is 0.496 e. The number of hydrogen-bond acceptors (Lipinski definition) is 6. The van der Waals surface area contributed by atoms with E-state index in [1.54, 1.807) is 38.3 Å². The number of rotatable bonds is 5. The topological polar surface area (TPSA) is 94.5 Å². The van der Waals surface area contributed by atoms with Crippen LogP contribution < -0.4 is 10.3 Å². The molecule has 2 heterocycles. The number of aromatic nitrogens is 4. The number of aryl methyl sites for hydroxylation is 1. The minimum Gasteiger partial charge on any atom is -0.496 e. The van der Waals surface area contributed by atoms with E-state index in [1.807, 2.05) is 54.6 Å². The molecule has 34 heavy (non-hydrogen) atoms. The lowest BCUT2D eigenvalue weighted by Crippen LogP contribution is -2.20. The number of para-hydroxylation sites is 3. The summed E-state index contributed by atoms with van der Waals surface area (Å²) in [5.41, 5.74) is 2.50. The van der Waals surface area contributed by atoms with Gasteiger partial charge in [0.15, 0.2) is 5.82 Å². The standard InChI is InChI=1S/C26H21N5O3/c1-17-21(26(33)30(29-17)18-10-4-3-5-11-18)16-27-31-24(20-13-7-9-15-23(20)34-2)28-22-14-8-6-12-19(22)25(31)32/h3-16,33H,1-2H3. The fourth-order valence-electron chi connectivity index (χ4n) is 3.78. The smallest absolute Gasteiger partial charge is 0.282 e. The second kappa shape index (κ2) is 8.67. The first-order valence-corrected chi connectivity index (χ1v) is 10.6. The third-order valence-corrected chi connectivity index (χ3v) is 5.49. The van der Waals surface area contributed by atoms with Gasteiger partial charge in [0, 0.05) is 0 Å². The van der Waals surface area contributed by atoms with E-state index in [4.69, 9.17) is 9.72 Å². The predicted octanol–water partition coefficient (Wildman–Crippen LogP) is 4.15. The summed E-state index contributed by atoms with van der Waals surface area (Å²) in [6, 6.07) is 23.7. The lowest BCUT2D eigenvalue weighted by Gasteiger charge is -2.12. The lowest BCUT2D eigenvalue weighted by atomic mass is 10.1. The molecule has 8 nitrogen and oxygen atoms in total. The van der Waals surface area contributed by atoms with Crippen LogP contribution >= 0.6 is 0 Å². The van der Waals surface area contributed by atoms with Gasteiger partial charge in [0.1, 0.15) is 5.75 Å². The van der Waals surface area contributed by atoms with E-state index in [0.29, 0.717) is 45.0 Å². The van der Waals surface area contributed by atoms with Crippen LogP contribution in [0, 0.1) is 6.92 Å². The van der Waals surface area contributed by atoms with Crippen LogP contribution in [0.1, 0.15) is 11.3 Å². The maximum absolute atomic E-state index is 13.4. The lowest BCUT2D eigenvalue weighted by molar-refractivity contribution is 0.416. The Labute approximate surface area is 195 Å². The van der Waals surface area contributed by atoms with Gasteiger partial charge >= 0.3 is 0 Å². The van der Waals surface area contributed by atoms with Gasteiger partial charge in [-0.2, -0.15) is 14.9 Å². The number of methoxy groups -OCH3 is 1. The molecule has 0 saturated carbocycles. The molecular weight excluding hydrogens is 430 g/mol. The second-order valence-electron chi connectivity index (χ2n) is 7.58. The quantitative estimate of drug-likeness (QED) is 0.405. The van der Waals surface area contributed by atoms with Crippen LogP contribution in [0.15, 0.2) is 88.8 Å². The molecule has 0 aliphatic rings. The fourth-order valence-corrected chi connectivity index (χ4v) is 3.78. The van der Waals surface area contributed by atoms with E-state index < -0.39 is 0 Å². The van der Waals surface area contributed by atoms with Crippen molar-refractivity contribution in [2.75, 3.05) is 7.11 Å². The SMILES string of the molecule is COc1ccccc1-c1nc2ccccc2c(=O)n1N=Cc1c(C)nn(-c2ccccc2)c1O. The van der Waals surface area contributed by atoms with Crippen molar-refractivity contribution < 1.29 is 9.84 Å². The number of aromatic hydroxyl groups is 1. The van der Waals surface area contributed by atoms with Crippen molar-refractivity contribution in [2.45, 2.75) is 6.92 Å². The Morgan fingerprint density at radius 2 is 1.68 bits per heavy atom. The molecule has 8 heteroatoms. The van der Waals surface area contributed by atoms with Crippen molar-refractivity contribution in [3.63, 3.8) is 0 Å². The molecule has 2 aromatic heterocycles. The van der Waals surface area contributed by atoms with Crippen molar-refractivity contribution in [3.05, 3.63) is 100 Å². The number of hydrogen-bond donors (Lipinski definition) is 1. The van der Waals surface area contributed by atoms with Crippen LogP contribution in [0.4, 0.5) is 0 Å². The molecule has 1 N–H and O–H groups in total. The highest BCUT2D eigenvalue weighted by Crippen LogP contribution is 2.29. The van der Waals surface area contributed by atoms with Crippen molar-refractivity contribution in [1.29, 1.82) is 0 Å². The van der Waals surface area contributed by atoms with E-state index in [2.05, 4.69) is 10.2 Å². The number of nitrogens with zero attached hydrogens (tertiary/aromatic N) is 5. The first kappa shape index (κ1) is 21.1. The molecule has 0 unspecified atom stereocenters. The van der Waals surface area contributed by atoms with Gasteiger partial charge in [-0.3, -0.25) is 4.79 Å². The average Bonchev–Trinajstić information content (AvgIpc) is 3.17. The first-order valence-electron chi connectivity index (χ1n) is 10.6. The van der Waals surface area contributed by atoms with Crippen LogP contribution in [0.5, 0.6) is 11.6 Å². The predicted molar refractivity (Wildman–Crippen MR) is 131 cm³/mol. The molecule has 168 valence electrons. The van der Waals surface area contributed by atoms with Crippen molar-refractivity contribution in [2.24, 2.45) is 5.10 Å². The zero-order valence-electron chi connectivity index (χ0n) is 18.6. The Bertz CT molecular complexity index is 1590. The molecule has 0 radical (unpaired) electrons. The zero-order valence-corrected chi connectivity index (χ0v) is 18.6. The second-order valence-corrected chi connectivity index (χ2v) is 7.58. The molecule has 3 aromatic carbocycles. The van der Waals surface area contributed by atoms with Crippen molar-refractivity contribution in [3.8, 4) is 28.7 Å². The third-order valence-electron chi connectivity index (χ3n) is 5.49. The summed E-state index contributed by atoms with van der Waals surface area (Å²) in [6.45, 7) is 1.77. The molecule has 0 spiro atoms. The molecule has 0 fully saturated rings. The van der Waals surface area contributed by atoms with Crippen LogP contribution in [0.3, 0.4) is 0 Å². The van der Waals surface area contributed by atoms with Gasteiger partial charge in [-0.25, -0.2) is 9.67 Å². The van der Waals surface area contributed by atoms with Crippen LogP contribution in [-0.4, -0.2) is 37.9 Å². The number of ether oxygens (including phenoxy) is 1. The highest BCUT2D eigenvalue weighted by molar-refractivity contribution is 5.85. The zero-order chi connectivity index (χ0) is 23.7. The van der Waals surface area contributed by atoms with E-state index in [9.17, 15) is 9.90 Å². The molecule has 0 atom stereocenters. The minimum absolute atomic E-state index is 0.0758. The average molecular weight is 451 g/mol. The van der Waals surface area contributed by atoms with Crippen molar-refractivity contribution in [1.82, 2.24) is 19.4 Å². The molecule has 5 aromatic rings. The maximum atomic E-state index is 13.4. The molecular formula is C26H21N5O3. The number of fused-ring (bicyclic) bond motifs is 1. The van der Waals surface area contributed by atoms with E-state index in [1.165, 1.54) is 15.6 Å². The van der Waals surface area contributed by atoms with Gasteiger partial charge in [0.25, 0.3) is 5.56 Å². The molecule has 5 rings (SSSR count). The van der Waals surface area contributed by atoms with Crippen LogP contribution in [-0.2, 0) is 0 Å². The van der Waals surface area contributed by atoms with Gasteiger partial charge in [-0.15, -0.1) is 0 Å². The van der Waals surface area contributed by atoms with Gasteiger partial charge in [-0.1, -0.05) is 42.5 Å². The summed E-state index contributed by atoms with van der Waals surface area (Å²) >= 11 is 0. The monoisotopic (exact) mass is 451 g/mol. The van der Waals surface area contributed by atoms with Gasteiger partial charge < -0.3 is 9.84 Å². The first-order chi connectivity index (χ1) is 16.6. The Hall–Kier alpha value is -4.72. The minimum atomic E-state index is -0.338. The molecule has 0 saturated heterocycles. The maximum Gasteiger partial charge on any atom is 0.282 e. The number of benzene rings is 3. The fraction of sp³-hybridized carbons (Fsp3) is 0.0769. The van der Waals surface area contributed by atoms with Gasteiger partial charge in [0.05, 0.1) is 46.7 Å². The molecule has 0 aliphatic heterocycles. The normalized spacial score (nSPS) is 11.4. The Balaban J connectivity index is 1.70. The Morgan fingerprint density at radius 3 is 2.47 bits per heavy atom. The van der Waals surface area contributed by atoms with E-state index in [0.717, 1.165) is 0 Å². The molecule has 0 bridgehead atoms. The summed E-state index contributed by atoms with van der Waals surface area (Å²) in [7, 11) is 1.56. The summed E-state index contributed by atoms with van der Waals surface area (Å²) in [6.07, 6.45) is 1.42.